The fraction of sp³-hybridized carbons (Fsp3) is 0.438. The van der Waals surface area contributed by atoms with Crippen LogP contribution in [0.3, 0.4) is 0 Å². The zero-order valence-electron chi connectivity index (χ0n) is 12.7. The van der Waals surface area contributed by atoms with Crippen molar-refractivity contribution >= 4 is 11.3 Å². The molecule has 0 aliphatic rings. The van der Waals surface area contributed by atoms with Crippen LogP contribution >= 0.6 is 11.3 Å². The van der Waals surface area contributed by atoms with Gasteiger partial charge in [-0.25, -0.2) is 4.98 Å². The lowest BCUT2D eigenvalue weighted by molar-refractivity contribution is 0.243. The molecule has 1 unspecified atom stereocenters. The van der Waals surface area contributed by atoms with Gasteiger partial charge in [0.15, 0.2) is 0 Å². The molecule has 0 aliphatic carbocycles. The van der Waals surface area contributed by atoms with Crippen molar-refractivity contribution in [2.75, 3.05) is 13.6 Å². The Balaban J connectivity index is 2.18. The van der Waals surface area contributed by atoms with Crippen molar-refractivity contribution in [2.24, 2.45) is 5.73 Å². The number of nitrogens with two attached hydrogens (primary N) is 1. The number of aromatic nitrogens is 1. The third-order valence-corrected chi connectivity index (χ3v) is 4.83. The van der Waals surface area contributed by atoms with Gasteiger partial charge >= 0.3 is 0 Å². The fourth-order valence-corrected chi connectivity index (χ4v) is 3.20. The monoisotopic (exact) mass is 289 g/mol. The Bertz CT molecular complexity index is 577. The summed E-state index contributed by atoms with van der Waals surface area (Å²) in [6, 6.07) is 6.87. The third kappa shape index (κ3) is 3.26. The summed E-state index contributed by atoms with van der Waals surface area (Å²) in [6.07, 6.45) is 0. The van der Waals surface area contributed by atoms with Gasteiger partial charge in [0.2, 0.25) is 0 Å². The van der Waals surface area contributed by atoms with Crippen LogP contribution in [-0.4, -0.2) is 23.5 Å². The van der Waals surface area contributed by atoms with Crippen LogP contribution in [0.2, 0.25) is 0 Å². The average molecular weight is 289 g/mol. The zero-order valence-corrected chi connectivity index (χ0v) is 13.5. The quantitative estimate of drug-likeness (QED) is 0.919. The summed E-state index contributed by atoms with van der Waals surface area (Å²) in [4.78, 5) is 7.94. The summed E-state index contributed by atoms with van der Waals surface area (Å²) in [7, 11) is 2.13. The van der Waals surface area contributed by atoms with Gasteiger partial charge in [-0.1, -0.05) is 18.2 Å². The average Bonchev–Trinajstić information content (AvgIpc) is 2.80. The highest BCUT2D eigenvalue weighted by molar-refractivity contribution is 7.09. The normalized spacial score (nSPS) is 12.9. The minimum Gasteiger partial charge on any atom is -0.329 e. The van der Waals surface area contributed by atoms with Gasteiger partial charge < -0.3 is 5.73 Å². The van der Waals surface area contributed by atoms with Gasteiger partial charge in [0, 0.05) is 24.0 Å². The molecule has 2 N–H and O–H groups in total. The predicted molar refractivity (Wildman–Crippen MR) is 86.0 cm³/mol. The van der Waals surface area contributed by atoms with Crippen molar-refractivity contribution in [3.63, 3.8) is 0 Å². The smallest absolute Gasteiger partial charge is 0.0798 e. The van der Waals surface area contributed by atoms with E-state index in [1.807, 2.05) is 5.51 Å². The SMILES string of the molecule is Cc1ccc(C(CN)N(C)Cc2scnc2C)cc1C. The van der Waals surface area contributed by atoms with E-state index < -0.39 is 0 Å². The standard InChI is InChI=1S/C16H23N3S/c1-11-5-6-14(7-12(11)2)15(8-17)19(4)9-16-13(3)18-10-20-16/h5-7,10,15H,8-9,17H2,1-4H3. The number of hydrogen-bond acceptors (Lipinski definition) is 4. The van der Waals surface area contributed by atoms with E-state index in [0.29, 0.717) is 6.54 Å². The number of aryl methyl sites for hydroxylation is 3. The second-order valence-corrected chi connectivity index (χ2v) is 6.31. The second-order valence-electron chi connectivity index (χ2n) is 5.37. The van der Waals surface area contributed by atoms with Crippen LogP contribution in [0.1, 0.15) is 33.3 Å². The Morgan fingerprint density at radius 1 is 1.25 bits per heavy atom. The largest absolute Gasteiger partial charge is 0.329 e. The summed E-state index contributed by atoms with van der Waals surface area (Å²) in [5, 5.41) is 0. The maximum Gasteiger partial charge on any atom is 0.0798 e. The molecule has 4 heteroatoms. The summed E-state index contributed by atoms with van der Waals surface area (Å²) >= 11 is 1.71. The van der Waals surface area contributed by atoms with E-state index in [0.717, 1.165) is 12.2 Å². The van der Waals surface area contributed by atoms with Gasteiger partial charge in [0.05, 0.1) is 11.2 Å². The van der Waals surface area contributed by atoms with Crippen LogP contribution in [0.5, 0.6) is 0 Å². The molecule has 1 aromatic carbocycles. The van der Waals surface area contributed by atoms with Crippen LogP contribution in [-0.2, 0) is 6.54 Å². The van der Waals surface area contributed by atoms with E-state index >= 15 is 0 Å². The molecule has 0 spiro atoms. The lowest BCUT2D eigenvalue weighted by Gasteiger charge is -2.27. The van der Waals surface area contributed by atoms with Crippen LogP contribution in [0.15, 0.2) is 23.7 Å². The first-order chi connectivity index (χ1) is 9.52. The molecule has 20 heavy (non-hydrogen) atoms. The van der Waals surface area contributed by atoms with Gasteiger partial charge in [-0.2, -0.15) is 0 Å². The Morgan fingerprint density at radius 2 is 2.00 bits per heavy atom. The van der Waals surface area contributed by atoms with E-state index in [4.69, 9.17) is 5.73 Å². The minimum atomic E-state index is 0.246. The van der Waals surface area contributed by atoms with Crippen LogP contribution in [0, 0.1) is 20.8 Å². The molecular formula is C16H23N3S. The first kappa shape index (κ1) is 15.2. The molecule has 0 radical (unpaired) electrons. The molecule has 108 valence electrons. The molecule has 0 saturated carbocycles. The maximum absolute atomic E-state index is 6.01. The van der Waals surface area contributed by atoms with E-state index in [-0.39, 0.29) is 6.04 Å². The van der Waals surface area contributed by atoms with Crippen LogP contribution < -0.4 is 5.73 Å². The van der Waals surface area contributed by atoms with E-state index in [1.54, 1.807) is 11.3 Å². The molecule has 0 fully saturated rings. The number of hydrogen-bond donors (Lipinski definition) is 1. The van der Waals surface area contributed by atoms with Crippen molar-refractivity contribution in [3.8, 4) is 0 Å². The van der Waals surface area contributed by atoms with E-state index in [9.17, 15) is 0 Å². The van der Waals surface area contributed by atoms with Crippen LogP contribution in [0.4, 0.5) is 0 Å². The molecule has 0 saturated heterocycles. The van der Waals surface area contributed by atoms with Crippen molar-refractivity contribution in [1.82, 2.24) is 9.88 Å². The molecule has 1 heterocycles. The maximum atomic E-state index is 6.01. The minimum absolute atomic E-state index is 0.246. The fourth-order valence-electron chi connectivity index (χ4n) is 2.36. The van der Waals surface area contributed by atoms with Crippen molar-refractivity contribution in [3.05, 3.63) is 51.0 Å². The Morgan fingerprint density at radius 3 is 2.55 bits per heavy atom. The molecule has 1 aromatic heterocycles. The van der Waals surface area contributed by atoms with Gasteiger partial charge in [-0.05, 0) is 44.5 Å². The van der Waals surface area contributed by atoms with E-state index in [2.05, 4.69) is 55.9 Å². The number of nitrogens with zero attached hydrogens (tertiary/aromatic N) is 2. The predicted octanol–water partition coefficient (Wildman–Crippen LogP) is 3.20. The summed E-state index contributed by atoms with van der Waals surface area (Å²) in [6.45, 7) is 7.87. The molecule has 0 amide bonds. The van der Waals surface area contributed by atoms with Crippen molar-refractivity contribution < 1.29 is 0 Å². The molecule has 0 bridgehead atoms. The number of rotatable bonds is 5. The molecule has 0 aliphatic heterocycles. The van der Waals surface area contributed by atoms with Crippen molar-refractivity contribution in [2.45, 2.75) is 33.4 Å². The lowest BCUT2D eigenvalue weighted by atomic mass is 10.00. The first-order valence-electron chi connectivity index (χ1n) is 6.89. The van der Waals surface area contributed by atoms with Gasteiger partial charge in [-0.15, -0.1) is 11.3 Å². The zero-order chi connectivity index (χ0) is 14.7. The topological polar surface area (TPSA) is 42.1 Å². The van der Waals surface area contributed by atoms with E-state index in [1.165, 1.54) is 21.6 Å². The lowest BCUT2D eigenvalue weighted by Crippen LogP contribution is -2.30. The third-order valence-electron chi connectivity index (χ3n) is 3.91. The highest BCUT2D eigenvalue weighted by Gasteiger charge is 2.17. The molecule has 2 rings (SSSR count). The number of thiazole rings is 1. The summed E-state index contributed by atoms with van der Waals surface area (Å²) < 4.78 is 0. The Kier molecular flexibility index (Phi) is 4.91. The first-order valence-corrected chi connectivity index (χ1v) is 7.77. The summed E-state index contributed by atoms with van der Waals surface area (Å²) in [5.41, 5.74) is 13.0. The highest BCUT2D eigenvalue weighted by Crippen LogP contribution is 2.24. The molecule has 3 nitrogen and oxygen atoms in total. The highest BCUT2D eigenvalue weighted by atomic mass is 32.1. The Labute approximate surface area is 125 Å². The Hall–Kier alpha value is -1.23. The molecule has 1 atom stereocenters. The van der Waals surface area contributed by atoms with Crippen molar-refractivity contribution in [1.29, 1.82) is 0 Å². The summed E-state index contributed by atoms with van der Waals surface area (Å²) in [5.74, 6) is 0. The molecular weight excluding hydrogens is 266 g/mol. The van der Waals surface area contributed by atoms with Gasteiger partial charge in [0.25, 0.3) is 0 Å². The number of benzene rings is 1. The van der Waals surface area contributed by atoms with Crippen LogP contribution in [0.25, 0.3) is 0 Å². The van der Waals surface area contributed by atoms with Gasteiger partial charge in [0.1, 0.15) is 0 Å². The van der Waals surface area contributed by atoms with Gasteiger partial charge in [-0.3, -0.25) is 4.90 Å². The molecule has 2 aromatic rings. The second kappa shape index (κ2) is 6.48. The number of likely N-dealkylation sites (N-methyl/N-ethyl adjacent to an activating group) is 1.